The minimum atomic E-state index is -0.440. The van der Waals surface area contributed by atoms with Gasteiger partial charge in [0, 0.05) is 5.25 Å². The molecule has 0 saturated heterocycles. The summed E-state index contributed by atoms with van der Waals surface area (Å²) in [5.41, 5.74) is 0. The highest BCUT2D eigenvalue weighted by Gasteiger charge is 1.99. The maximum atomic E-state index is 5.25. The van der Waals surface area contributed by atoms with Crippen molar-refractivity contribution < 1.29 is 0 Å². The van der Waals surface area contributed by atoms with Crippen LogP contribution in [0.2, 0.25) is 0 Å². The predicted octanol–water partition coefficient (Wildman–Crippen LogP) is 3.13. The van der Waals surface area contributed by atoms with E-state index in [1.54, 1.807) is 0 Å². The Balaban J connectivity index is 3.34. The fourth-order valence-electron chi connectivity index (χ4n) is 0.391. The third-order valence-electron chi connectivity index (χ3n) is 1.20. The van der Waals surface area contributed by atoms with E-state index in [0.29, 0.717) is 0 Å². The molecule has 2 unspecified atom stereocenters. The third kappa shape index (κ3) is 5.44. The van der Waals surface area contributed by atoms with Crippen LogP contribution in [-0.2, 0) is 11.8 Å². The van der Waals surface area contributed by atoms with Gasteiger partial charge in [-0.05, 0) is 18.5 Å². The molecule has 0 aliphatic carbocycles. The molecule has 0 N–H and O–H groups in total. The van der Waals surface area contributed by atoms with Gasteiger partial charge in [-0.1, -0.05) is 32.6 Å². The molecule has 0 heterocycles. The van der Waals surface area contributed by atoms with E-state index >= 15 is 0 Å². The highest BCUT2D eigenvalue weighted by Crippen LogP contribution is 2.41. The number of hydrogen-bond acceptors (Lipinski definition) is 2. The average molecular weight is 182 g/mol. The minimum absolute atomic E-state index is 0.440. The van der Waals surface area contributed by atoms with Crippen LogP contribution in [0.1, 0.15) is 27.2 Å². The number of hydrogen-bond donors (Lipinski definition) is 0. The molecule has 0 spiro atoms. The summed E-state index contributed by atoms with van der Waals surface area (Å²) in [5, 5.41) is 0.788. The average Bonchev–Trinajstić information content (AvgIpc) is 1.87. The summed E-state index contributed by atoms with van der Waals surface area (Å²) in [6.07, 6.45) is 2.48. The molecule has 0 aromatic carbocycles. The lowest BCUT2D eigenvalue weighted by molar-refractivity contribution is 0.912. The van der Waals surface area contributed by atoms with Gasteiger partial charge in [-0.25, -0.2) is 0 Å². The smallest absolute Gasteiger partial charge is 0.00628 e. The number of rotatable bonds is 4. The largest absolute Gasteiger partial charge is 0.124 e. The summed E-state index contributed by atoms with van der Waals surface area (Å²) >= 11 is 7.26. The topological polar surface area (TPSA) is 0 Å². The molecule has 0 aromatic rings. The highest BCUT2D eigenvalue weighted by molar-refractivity contribution is 8.64. The standard InChI is InChI=1S/C6H15PS2/c1-4-6(3)9-7(8)5-2/h6-7H,4-5H2,1-3H3. The molecule has 0 rings (SSSR count). The molecule has 0 aromatic heterocycles. The first-order chi connectivity index (χ1) is 4.20. The van der Waals surface area contributed by atoms with Gasteiger partial charge in [0.25, 0.3) is 0 Å². The van der Waals surface area contributed by atoms with Gasteiger partial charge in [0.15, 0.2) is 0 Å². The van der Waals surface area contributed by atoms with Gasteiger partial charge < -0.3 is 0 Å². The van der Waals surface area contributed by atoms with Crippen LogP contribution in [0.15, 0.2) is 0 Å². The first-order valence-electron chi connectivity index (χ1n) is 3.40. The summed E-state index contributed by atoms with van der Waals surface area (Å²) in [5.74, 6) is -0.440. The van der Waals surface area contributed by atoms with Crippen molar-refractivity contribution in [2.75, 3.05) is 6.16 Å². The summed E-state index contributed by atoms with van der Waals surface area (Å²) in [7, 11) is 0. The zero-order valence-corrected chi connectivity index (χ0v) is 8.94. The van der Waals surface area contributed by atoms with Crippen molar-refractivity contribution >= 4 is 29.1 Å². The zero-order valence-electron chi connectivity index (χ0n) is 6.31. The van der Waals surface area contributed by atoms with E-state index in [1.165, 1.54) is 12.6 Å². The summed E-state index contributed by atoms with van der Waals surface area (Å²) in [6, 6.07) is 0. The molecular weight excluding hydrogens is 167 g/mol. The fourth-order valence-corrected chi connectivity index (χ4v) is 5.00. The van der Waals surface area contributed by atoms with Crippen LogP contribution < -0.4 is 0 Å². The molecule has 3 heteroatoms. The highest BCUT2D eigenvalue weighted by atomic mass is 32.9. The molecular formula is C6H15PS2. The lowest BCUT2D eigenvalue weighted by atomic mass is 10.4. The Labute approximate surface area is 68.0 Å². The predicted molar refractivity (Wildman–Crippen MR) is 53.6 cm³/mol. The summed E-state index contributed by atoms with van der Waals surface area (Å²) < 4.78 is 0. The van der Waals surface area contributed by atoms with Crippen molar-refractivity contribution in [1.82, 2.24) is 0 Å². The van der Waals surface area contributed by atoms with E-state index < -0.39 is 5.90 Å². The van der Waals surface area contributed by atoms with Crippen LogP contribution in [0, 0.1) is 0 Å². The first kappa shape index (κ1) is 10.0. The van der Waals surface area contributed by atoms with Crippen molar-refractivity contribution in [3.05, 3.63) is 0 Å². The normalized spacial score (nSPS) is 17.2. The Morgan fingerprint density at radius 3 is 2.44 bits per heavy atom. The Kier molecular flexibility index (Phi) is 6.40. The lowest BCUT2D eigenvalue weighted by Gasteiger charge is -2.07. The Bertz CT molecular complexity index is 93.1. The summed E-state index contributed by atoms with van der Waals surface area (Å²) in [6.45, 7) is 6.67. The molecule has 0 amide bonds. The first-order valence-corrected chi connectivity index (χ1v) is 7.84. The molecule has 0 aliphatic heterocycles. The van der Waals surface area contributed by atoms with E-state index in [1.807, 2.05) is 11.4 Å². The molecule has 0 bridgehead atoms. The molecule has 56 valence electrons. The van der Waals surface area contributed by atoms with Crippen LogP contribution in [0.3, 0.4) is 0 Å². The summed E-state index contributed by atoms with van der Waals surface area (Å²) in [4.78, 5) is 0. The van der Waals surface area contributed by atoms with Gasteiger partial charge in [0.05, 0.1) is 0 Å². The fraction of sp³-hybridized carbons (Fsp3) is 1.00. The zero-order chi connectivity index (χ0) is 7.28. The van der Waals surface area contributed by atoms with Gasteiger partial charge in [0.2, 0.25) is 0 Å². The third-order valence-corrected chi connectivity index (χ3v) is 7.37. The van der Waals surface area contributed by atoms with Crippen LogP contribution in [0.4, 0.5) is 0 Å². The molecule has 0 radical (unpaired) electrons. The Hall–Kier alpha value is 1.00. The monoisotopic (exact) mass is 182 g/mol. The van der Waals surface area contributed by atoms with E-state index in [-0.39, 0.29) is 0 Å². The minimum Gasteiger partial charge on any atom is -0.124 e. The van der Waals surface area contributed by atoms with E-state index in [0.717, 1.165) is 5.25 Å². The van der Waals surface area contributed by atoms with E-state index in [4.69, 9.17) is 11.8 Å². The molecule has 0 saturated carbocycles. The van der Waals surface area contributed by atoms with Gasteiger partial charge >= 0.3 is 0 Å². The molecule has 0 fully saturated rings. The second-order valence-corrected chi connectivity index (χ2v) is 8.99. The van der Waals surface area contributed by atoms with Crippen molar-refractivity contribution in [3.63, 3.8) is 0 Å². The van der Waals surface area contributed by atoms with Crippen molar-refractivity contribution in [1.29, 1.82) is 0 Å². The van der Waals surface area contributed by atoms with Gasteiger partial charge in [-0.3, -0.25) is 0 Å². The Morgan fingerprint density at radius 2 is 2.11 bits per heavy atom. The second-order valence-electron chi connectivity index (χ2n) is 2.06. The van der Waals surface area contributed by atoms with Gasteiger partial charge in [0.1, 0.15) is 0 Å². The molecule has 0 aliphatic rings. The van der Waals surface area contributed by atoms with Gasteiger partial charge in [-0.15, -0.1) is 11.4 Å². The van der Waals surface area contributed by atoms with Crippen LogP contribution in [0.25, 0.3) is 0 Å². The molecule has 9 heavy (non-hydrogen) atoms. The van der Waals surface area contributed by atoms with Crippen molar-refractivity contribution in [2.24, 2.45) is 0 Å². The SMILES string of the molecule is CCC(C)S[PH](=S)CC. The van der Waals surface area contributed by atoms with Crippen LogP contribution in [0.5, 0.6) is 0 Å². The van der Waals surface area contributed by atoms with Crippen LogP contribution in [-0.4, -0.2) is 11.4 Å². The molecule has 2 atom stereocenters. The molecule has 0 nitrogen and oxygen atoms in total. The van der Waals surface area contributed by atoms with E-state index in [9.17, 15) is 0 Å². The second kappa shape index (κ2) is 5.76. The maximum Gasteiger partial charge on any atom is 0.00628 e. The Morgan fingerprint density at radius 1 is 1.56 bits per heavy atom. The van der Waals surface area contributed by atoms with E-state index in [2.05, 4.69) is 20.8 Å². The maximum absolute atomic E-state index is 5.25. The van der Waals surface area contributed by atoms with Crippen molar-refractivity contribution in [3.8, 4) is 0 Å². The van der Waals surface area contributed by atoms with Gasteiger partial charge in [-0.2, -0.15) is 0 Å². The quantitative estimate of drug-likeness (QED) is 0.613. The van der Waals surface area contributed by atoms with Crippen molar-refractivity contribution in [2.45, 2.75) is 32.4 Å². The lowest BCUT2D eigenvalue weighted by Crippen LogP contribution is -1.88. The van der Waals surface area contributed by atoms with Crippen LogP contribution >= 0.6 is 17.3 Å².